The van der Waals surface area contributed by atoms with Crippen LogP contribution in [0.25, 0.3) is 11.0 Å². The molecule has 0 bridgehead atoms. The van der Waals surface area contributed by atoms with E-state index in [0.717, 1.165) is 12.8 Å². The summed E-state index contributed by atoms with van der Waals surface area (Å²) in [6.07, 6.45) is 4.53. The molecule has 2 N–H and O–H groups in total. The molecule has 1 aromatic heterocycles. The van der Waals surface area contributed by atoms with Crippen molar-refractivity contribution in [2.45, 2.75) is 32.3 Å². The number of nitrogens with zero attached hydrogens (tertiary/aromatic N) is 1. The number of carbonyl (C=O) groups excluding carboxylic acids is 1. The van der Waals surface area contributed by atoms with Crippen LogP contribution in [0.15, 0.2) is 18.2 Å². The van der Waals surface area contributed by atoms with Crippen molar-refractivity contribution >= 4 is 16.9 Å². The molecule has 0 radical (unpaired) electrons. The molecule has 0 aliphatic heterocycles. The van der Waals surface area contributed by atoms with Gasteiger partial charge in [0.25, 0.3) is 0 Å². The van der Waals surface area contributed by atoms with E-state index in [1.165, 1.54) is 25.0 Å². The lowest BCUT2D eigenvalue weighted by Crippen LogP contribution is -2.40. The molecule has 136 valence electrons. The fraction of sp³-hybridized carbons (Fsp3) is 0.556. The van der Waals surface area contributed by atoms with Gasteiger partial charge in [-0.2, -0.15) is 0 Å². The van der Waals surface area contributed by atoms with Gasteiger partial charge in [0.1, 0.15) is 24.9 Å². The lowest BCUT2D eigenvalue weighted by atomic mass is 9.87. The summed E-state index contributed by atoms with van der Waals surface area (Å²) >= 11 is 0. The van der Waals surface area contributed by atoms with Gasteiger partial charge in [-0.3, -0.25) is 4.79 Å². The molecule has 1 fully saturated rings. The molecule has 2 aromatic rings. The van der Waals surface area contributed by atoms with Gasteiger partial charge in [-0.25, -0.2) is 9.37 Å². The normalized spacial score (nSPS) is 16.4. The third-order valence-corrected chi connectivity index (χ3v) is 4.74. The summed E-state index contributed by atoms with van der Waals surface area (Å²) in [4.78, 5) is 19.3. The van der Waals surface area contributed by atoms with Crippen LogP contribution in [0, 0.1) is 11.2 Å². The zero-order chi connectivity index (χ0) is 17.7. The van der Waals surface area contributed by atoms with Gasteiger partial charge in [-0.05, 0) is 31.0 Å². The minimum atomic E-state index is -0.320. The highest BCUT2D eigenvalue weighted by Crippen LogP contribution is 2.37. The number of hydrogen-bond donors (Lipinski definition) is 2. The van der Waals surface area contributed by atoms with E-state index in [0.29, 0.717) is 30.0 Å². The molecule has 0 unspecified atom stereocenters. The minimum absolute atomic E-state index is 0.0333. The van der Waals surface area contributed by atoms with Crippen LogP contribution >= 0.6 is 0 Å². The van der Waals surface area contributed by atoms with Gasteiger partial charge in [0, 0.05) is 19.1 Å². The van der Waals surface area contributed by atoms with Crippen molar-refractivity contribution in [1.29, 1.82) is 0 Å². The summed E-state index contributed by atoms with van der Waals surface area (Å²) < 4.78 is 23.9. The number of H-pyrrole nitrogens is 1. The molecule has 1 amide bonds. The summed E-state index contributed by atoms with van der Waals surface area (Å²) in [5.74, 6) is 0.101. The van der Waals surface area contributed by atoms with Crippen LogP contribution in [0.2, 0.25) is 0 Å². The number of amides is 1. The fourth-order valence-electron chi connectivity index (χ4n) is 3.48. The maximum Gasteiger partial charge on any atom is 0.246 e. The Morgan fingerprint density at radius 1 is 1.40 bits per heavy atom. The number of imidazole rings is 1. The number of ether oxygens (including phenoxy) is 2. The number of halogens is 1. The molecule has 1 heterocycles. The Balaban J connectivity index is 1.44. The number of nitrogens with one attached hydrogen (secondary N) is 2. The van der Waals surface area contributed by atoms with Gasteiger partial charge >= 0.3 is 0 Å². The SMILES string of the molecule is COCC1(CNC(=O)COCc2nc3ccc(F)cc3[nH]2)CCCC1. The first-order chi connectivity index (χ1) is 12.1. The number of hydrogen-bond acceptors (Lipinski definition) is 4. The first-order valence-electron chi connectivity index (χ1n) is 8.58. The predicted octanol–water partition coefficient (Wildman–Crippen LogP) is 2.54. The average Bonchev–Trinajstić information content (AvgIpc) is 3.20. The fourth-order valence-corrected chi connectivity index (χ4v) is 3.48. The highest BCUT2D eigenvalue weighted by Gasteiger charge is 2.34. The van der Waals surface area contributed by atoms with Crippen LogP contribution in [0.1, 0.15) is 31.5 Å². The van der Waals surface area contributed by atoms with Crippen molar-refractivity contribution in [3.05, 3.63) is 29.8 Å². The van der Waals surface area contributed by atoms with Crippen LogP contribution in [0.4, 0.5) is 4.39 Å². The van der Waals surface area contributed by atoms with E-state index >= 15 is 0 Å². The Morgan fingerprint density at radius 2 is 2.20 bits per heavy atom. The molecule has 1 aliphatic rings. The molecule has 3 rings (SSSR count). The maximum atomic E-state index is 13.2. The first-order valence-corrected chi connectivity index (χ1v) is 8.58. The Morgan fingerprint density at radius 3 is 2.96 bits per heavy atom. The van der Waals surface area contributed by atoms with Gasteiger partial charge in [0.05, 0.1) is 17.6 Å². The number of rotatable bonds is 8. The molecule has 1 saturated carbocycles. The van der Waals surface area contributed by atoms with E-state index in [2.05, 4.69) is 15.3 Å². The third kappa shape index (κ3) is 4.55. The minimum Gasteiger partial charge on any atom is -0.384 e. The van der Waals surface area contributed by atoms with Crippen LogP contribution < -0.4 is 5.32 Å². The van der Waals surface area contributed by atoms with Gasteiger partial charge in [0.2, 0.25) is 5.91 Å². The smallest absolute Gasteiger partial charge is 0.246 e. The molecule has 6 nitrogen and oxygen atoms in total. The molecule has 0 saturated heterocycles. The number of carbonyl (C=O) groups is 1. The lowest BCUT2D eigenvalue weighted by Gasteiger charge is -2.28. The van der Waals surface area contributed by atoms with Crippen LogP contribution in [-0.2, 0) is 20.9 Å². The van der Waals surface area contributed by atoms with Gasteiger partial charge < -0.3 is 19.8 Å². The summed E-state index contributed by atoms with van der Waals surface area (Å²) in [6.45, 7) is 1.43. The summed E-state index contributed by atoms with van der Waals surface area (Å²) in [5.41, 5.74) is 1.35. The largest absolute Gasteiger partial charge is 0.384 e. The quantitative estimate of drug-likeness (QED) is 0.768. The standard InChI is InChI=1S/C18H24FN3O3/c1-24-12-18(6-2-3-7-18)11-20-17(23)10-25-9-16-21-14-5-4-13(19)8-15(14)22-16/h4-5,8H,2-3,6-7,9-12H2,1H3,(H,20,23)(H,21,22). The molecular weight excluding hydrogens is 325 g/mol. The second-order valence-electron chi connectivity index (χ2n) is 6.75. The number of benzene rings is 1. The Hall–Kier alpha value is -1.99. The van der Waals surface area contributed by atoms with Crippen molar-refractivity contribution in [3.8, 4) is 0 Å². The van der Waals surface area contributed by atoms with Crippen molar-refractivity contribution in [3.63, 3.8) is 0 Å². The van der Waals surface area contributed by atoms with Crippen LogP contribution in [0.3, 0.4) is 0 Å². The molecule has 0 atom stereocenters. The van der Waals surface area contributed by atoms with Crippen molar-refractivity contribution < 1.29 is 18.7 Å². The molecule has 1 aromatic carbocycles. The summed E-state index contributed by atoms with van der Waals surface area (Å²) in [5, 5.41) is 2.95. The number of methoxy groups -OCH3 is 1. The molecule has 25 heavy (non-hydrogen) atoms. The average molecular weight is 349 g/mol. The van der Waals surface area contributed by atoms with Gasteiger partial charge in [0.15, 0.2) is 0 Å². The molecule has 1 aliphatic carbocycles. The molecule has 0 spiro atoms. The van der Waals surface area contributed by atoms with E-state index in [9.17, 15) is 9.18 Å². The second kappa shape index (κ2) is 7.93. The second-order valence-corrected chi connectivity index (χ2v) is 6.75. The van der Waals surface area contributed by atoms with Crippen molar-refractivity contribution in [2.24, 2.45) is 5.41 Å². The van der Waals surface area contributed by atoms with Gasteiger partial charge in [-0.1, -0.05) is 12.8 Å². The highest BCUT2D eigenvalue weighted by atomic mass is 19.1. The Kier molecular flexibility index (Phi) is 5.65. The zero-order valence-corrected chi connectivity index (χ0v) is 14.4. The molecular formula is C18H24FN3O3. The monoisotopic (exact) mass is 349 g/mol. The third-order valence-electron chi connectivity index (χ3n) is 4.74. The van der Waals surface area contributed by atoms with Crippen molar-refractivity contribution in [2.75, 3.05) is 26.9 Å². The highest BCUT2D eigenvalue weighted by molar-refractivity contribution is 5.77. The zero-order valence-electron chi connectivity index (χ0n) is 14.4. The summed E-state index contributed by atoms with van der Waals surface area (Å²) in [7, 11) is 1.70. The number of aromatic amines is 1. The topological polar surface area (TPSA) is 76.2 Å². The first kappa shape index (κ1) is 17.8. The van der Waals surface area contributed by atoms with E-state index in [1.54, 1.807) is 13.2 Å². The van der Waals surface area contributed by atoms with Crippen molar-refractivity contribution in [1.82, 2.24) is 15.3 Å². The Labute approximate surface area is 146 Å². The van der Waals surface area contributed by atoms with Crippen LogP contribution in [-0.4, -0.2) is 42.7 Å². The number of aromatic nitrogens is 2. The lowest BCUT2D eigenvalue weighted by molar-refractivity contribution is -0.126. The van der Waals surface area contributed by atoms with E-state index < -0.39 is 0 Å². The Bertz CT molecular complexity index is 725. The van der Waals surface area contributed by atoms with E-state index in [4.69, 9.17) is 9.47 Å². The van der Waals surface area contributed by atoms with E-state index in [-0.39, 0.29) is 30.4 Å². The molecule has 7 heteroatoms. The predicted molar refractivity (Wildman–Crippen MR) is 91.5 cm³/mol. The summed E-state index contributed by atoms with van der Waals surface area (Å²) in [6, 6.07) is 4.35. The van der Waals surface area contributed by atoms with Gasteiger partial charge in [-0.15, -0.1) is 0 Å². The van der Waals surface area contributed by atoms with E-state index in [1.807, 2.05) is 0 Å². The number of fused-ring (bicyclic) bond motifs is 1. The maximum absolute atomic E-state index is 13.2. The van der Waals surface area contributed by atoms with Crippen LogP contribution in [0.5, 0.6) is 0 Å².